The van der Waals surface area contributed by atoms with Crippen LogP contribution in [0, 0.1) is 11.3 Å². The molecule has 1 aromatic carbocycles. The number of carbonyl (C=O) groups is 1. The van der Waals surface area contributed by atoms with Crippen LogP contribution in [-0.4, -0.2) is 5.78 Å². The molecule has 0 N–H and O–H groups in total. The van der Waals surface area contributed by atoms with E-state index in [-0.39, 0.29) is 12.2 Å². The summed E-state index contributed by atoms with van der Waals surface area (Å²) >= 11 is 5.91. The van der Waals surface area contributed by atoms with E-state index in [1.165, 1.54) is 0 Å². The fraction of sp³-hybridized carbons (Fsp3) is 0.273. The molecular weight excluding hydrogens is 198 g/mol. The number of hydrogen-bond acceptors (Lipinski definition) is 2. The van der Waals surface area contributed by atoms with Crippen molar-refractivity contribution in [1.29, 1.82) is 5.26 Å². The molecule has 0 bridgehead atoms. The smallest absolute Gasteiger partial charge is 0.147 e. The van der Waals surface area contributed by atoms with E-state index >= 15 is 0 Å². The molecule has 72 valence electrons. The van der Waals surface area contributed by atoms with E-state index in [4.69, 9.17) is 16.9 Å². The molecule has 0 spiro atoms. The lowest BCUT2D eigenvalue weighted by Crippen LogP contribution is -1.98. The molecule has 0 aliphatic heterocycles. The van der Waals surface area contributed by atoms with E-state index in [2.05, 4.69) is 0 Å². The predicted octanol–water partition coefficient (Wildman–Crippen LogP) is 2.76. The fourth-order valence-corrected chi connectivity index (χ4v) is 1.38. The maximum atomic E-state index is 11.1. The zero-order valence-electron chi connectivity index (χ0n) is 7.66. The van der Waals surface area contributed by atoms with Gasteiger partial charge in [-0.25, -0.2) is 0 Å². The Morgan fingerprint density at radius 3 is 2.79 bits per heavy atom. The third-order valence-corrected chi connectivity index (χ3v) is 2.28. The van der Waals surface area contributed by atoms with E-state index in [0.717, 1.165) is 5.56 Å². The zero-order valence-corrected chi connectivity index (χ0v) is 8.42. The maximum Gasteiger partial charge on any atom is 0.147 e. The third-order valence-electron chi connectivity index (χ3n) is 1.91. The molecule has 0 aromatic heterocycles. The molecule has 0 atom stereocenters. The van der Waals surface area contributed by atoms with Crippen molar-refractivity contribution in [2.24, 2.45) is 0 Å². The topological polar surface area (TPSA) is 40.9 Å². The highest BCUT2D eigenvalue weighted by molar-refractivity contribution is 6.31. The van der Waals surface area contributed by atoms with Crippen LogP contribution in [0.3, 0.4) is 0 Å². The van der Waals surface area contributed by atoms with Gasteiger partial charge in [-0.3, -0.25) is 4.79 Å². The lowest BCUT2D eigenvalue weighted by atomic mass is 10.1. The lowest BCUT2D eigenvalue weighted by Gasteiger charge is -2.01. The minimum Gasteiger partial charge on any atom is -0.299 e. The van der Waals surface area contributed by atoms with Crippen LogP contribution < -0.4 is 0 Å². The summed E-state index contributed by atoms with van der Waals surface area (Å²) in [6.07, 6.45) is 0.988. The molecule has 0 heterocycles. The van der Waals surface area contributed by atoms with Crippen molar-refractivity contribution >= 4 is 17.4 Å². The van der Waals surface area contributed by atoms with Crippen LogP contribution >= 0.6 is 11.6 Å². The molecule has 0 fully saturated rings. The second-order valence-electron chi connectivity index (χ2n) is 2.96. The van der Waals surface area contributed by atoms with E-state index in [1.807, 2.05) is 24.3 Å². The number of nitrogens with zero attached hydrogens (tertiary/aromatic N) is 1. The standard InChI is InChI=1S/C11H10ClNO/c12-11-4-2-1-3-9(11)5-6-10(14)7-8-13/h1-4H,5-7H2. The Morgan fingerprint density at radius 2 is 2.14 bits per heavy atom. The Balaban J connectivity index is 2.51. The summed E-state index contributed by atoms with van der Waals surface area (Å²) < 4.78 is 0. The van der Waals surface area contributed by atoms with Crippen molar-refractivity contribution in [2.75, 3.05) is 0 Å². The highest BCUT2D eigenvalue weighted by atomic mass is 35.5. The third kappa shape index (κ3) is 3.20. The van der Waals surface area contributed by atoms with Gasteiger partial charge in [-0.2, -0.15) is 5.26 Å². The van der Waals surface area contributed by atoms with E-state index in [1.54, 1.807) is 6.07 Å². The average molecular weight is 208 g/mol. The second kappa shape index (κ2) is 5.41. The average Bonchev–Trinajstić information content (AvgIpc) is 2.17. The van der Waals surface area contributed by atoms with Crippen molar-refractivity contribution < 1.29 is 4.79 Å². The molecule has 0 saturated carbocycles. The van der Waals surface area contributed by atoms with Crippen molar-refractivity contribution in [1.82, 2.24) is 0 Å². The SMILES string of the molecule is N#CCC(=O)CCc1ccccc1Cl. The van der Waals surface area contributed by atoms with Crippen molar-refractivity contribution in [3.05, 3.63) is 34.9 Å². The Kier molecular flexibility index (Phi) is 4.15. The summed E-state index contributed by atoms with van der Waals surface area (Å²) in [7, 11) is 0. The van der Waals surface area contributed by atoms with E-state index in [0.29, 0.717) is 17.9 Å². The number of ketones is 1. The van der Waals surface area contributed by atoms with Crippen LogP contribution in [-0.2, 0) is 11.2 Å². The number of rotatable bonds is 4. The highest BCUT2D eigenvalue weighted by Crippen LogP contribution is 2.16. The molecule has 14 heavy (non-hydrogen) atoms. The van der Waals surface area contributed by atoms with E-state index < -0.39 is 0 Å². The van der Waals surface area contributed by atoms with Crippen LogP contribution in [0.15, 0.2) is 24.3 Å². The van der Waals surface area contributed by atoms with Crippen molar-refractivity contribution in [2.45, 2.75) is 19.3 Å². The number of benzene rings is 1. The molecule has 0 aliphatic carbocycles. The van der Waals surface area contributed by atoms with Gasteiger partial charge in [-0.05, 0) is 18.1 Å². The van der Waals surface area contributed by atoms with Gasteiger partial charge in [0.25, 0.3) is 0 Å². The normalized spacial score (nSPS) is 9.43. The van der Waals surface area contributed by atoms with Crippen LogP contribution in [0.25, 0.3) is 0 Å². The molecule has 2 nitrogen and oxygen atoms in total. The summed E-state index contributed by atoms with van der Waals surface area (Å²) in [5.74, 6) is -0.0348. The first-order chi connectivity index (χ1) is 6.74. The second-order valence-corrected chi connectivity index (χ2v) is 3.37. The first kappa shape index (κ1) is 10.7. The minimum atomic E-state index is -0.0348. The molecule has 1 rings (SSSR count). The van der Waals surface area contributed by atoms with Crippen LogP contribution in [0.5, 0.6) is 0 Å². The molecule has 0 aliphatic rings. The number of Topliss-reactive ketones (excluding diaryl/α,β-unsaturated/α-hetero) is 1. The number of aryl methyl sites for hydroxylation is 1. The molecule has 3 heteroatoms. The predicted molar refractivity (Wildman–Crippen MR) is 55.0 cm³/mol. The summed E-state index contributed by atoms with van der Waals surface area (Å²) in [5.41, 5.74) is 0.959. The zero-order chi connectivity index (χ0) is 10.4. The summed E-state index contributed by atoms with van der Waals surface area (Å²) in [6.45, 7) is 0. The first-order valence-electron chi connectivity index (χ1n) is 4.36. The minimum absolute atomic E-state index is 0.00947. The fourth-order valence-electron chi connectivity index (χ4n) is 1.15. The van der Waals surface area contributed by atoms with Crippen LogP contribution in [0.4, 0.5) is 0 Å². The number of nitriles is 1. The van der Waals surface area contributed by atoms with Crippen LogP contribution in [0.2, 0.25) is 5.02 Å². The van der Waals surface area contributed by atoms with Crippen LogP contribution in [0.1, 0.15) is 18.4 Å². The monoisotopic (exact) mass is 207 g/mol. The van der Waals surface area contributed by atoms with Gasteiger partial charge in [0.1, 0.15) is 5.78 Å². The molecule has 0 amide bonds. The largest absolute Gasteiger partial charge is 0.299 e. The van der Waals surface area contributed by atoms with Gasteiger partial charge in [0.2, 0.25) is 0 Å². The van der Waals surface area contributed by atoms with Crippen molar-refractivity contribution in [3.63, 3.8) is 0 Å². The molecule has 1 aromatic rings. The number of hydrogen-bond donors (Lipinski definition) is 0. The van der Waals surface area contributed by atoms with Gasteiger partial charge in [0, 0.05) is 11.4 Å². The Bertz CT molecular complexity index is 368. The lowest BCUT2D eigenvalue weighted by molar-refractivity contribution is -0.118. The summed E-state index contributed by atoms with van der Waals surface area (Å²) in [5, 5.41) is 8.97. The van der Waals surface area contributed by atoms with Gasteiger partial charge in [0.05, 0.1) is 12.5 Å². The quantitative estimate of drug-likeness (QED) is 0.762. The van der Waals surface area contributed by atoms with E-state index in [9.17, 15) is 4.79 Å². The summed E-state index contributed by atoms with van der Waals surface area (Å²) in [6, 6.07) is 9.26. The van der Waals surface area contributed by atoms with Gasteiger partial charge >= 0.3 is 0 Å². The molecule has 0 saturated heterocycles. The Morgan fingerprint density at radius 1 is 1.43 bits per heavy atom. The van der Waals surface area contributed by atoms with Gasteiger partial charge < -0.3 is 0 Å². The Labute approximate surface area is 88.1 Å². The maximum absolute atomic E-state index is 11.1. The molecular formula is C11H10ClNO. The van der Waals surface area contributed by atoms with Crippen molar-refractivity contribution in [3.8, 4) is 6.07 Å². The molecule has 0 radical (unpaired) electrons. The number of halogens is 1. The first-order valence-corrected chi connectivity index (χ1v) is 4.74. The van der Waals surface area contributed by atoms with Gasteiger partial charge in [-0.15, -0.1) is 0 Å². The summed E-state index contributed by atoms with van der Waals surface area (Å²) in [4.78, 5) is 11.1. The molecule has 0 unspecified atom stereocenters. The highest BCUT2D eigenvalue weighted by Gasteiger charge is 2.03. The number of carbonyl (C=O) groups excluding carboxylic acids is 1. The van der Waals surface area contributed by atoms with Gasteiger partial charge in [0.15, 0.2) is 0 Å². The van der Waals surface area contributed by atoms with Gasteiger partial charge in [-0.1, -0.05) is 29.8 Å². The Hall–Kier alpha value is -1.33.